The van der Waals surface area contributed by atoms with Crippen LogP contribution >= 0.6 is 11.9 Å². The minimum absolute atomic E-state index is 0.168. The monoisotopic (exact) mass is 491 g/mol. The Hall–Kier alpha value is -2.92. The molecule has 4 rings (SSSR count). The van der Waals surface area contributed by atoms with Gasteiger partial charge in [-0.1, -0.05) is 24.1 Å². The zero-order valence-electron chi connectivity index (χ0n) is 18.7. The number of ether oxygens (including phenoxy) is 1. The lowest BCUT2D eigenvalue weighted by Gasteiger charge is -2.33. The number of carbonyl (C=O) groups excluding carboxylic acids is 2. The molecule has 2 fully saturated rings. The van der Waals surface area contributed by atoms with Gasteiger partial charge in [-0.05, 0) is 55.7 Å². The summed E-state index contributed by atoms with van der Waals surface area (Å²) >= 11 is 1.62. The summed E-state index contributed by atoms with van der Waals surface area (Å²) in [4.78, 5) is 30.9. The molecule has 0 spiro atoms. The van der Waals surface area contributed by atoms with Crippen LogP contribution in [0.5, 0.6) is 5.88 Å². The molecule has 8 nitrogen and oxygen atoms in total. The summed E-state index contributed by atoms with van der Waals surface area (Å²) in [6.45, 7) is -1.46. The first-order valence-electron chi connectivity index (χ1n) is 11.1. The van der Waals surface area contributed by atoms with Crippen molar-refractivity contribution in [3.05, 3.63) is 48.2 Å². The van der Waals surface area contributed by atoms with Gasteiger partial charge in [-0.25, -0.2) is 9.78 Å². The Morgan fingerprint density at radius 3 is 2.65 bits per heavy atom. The number of anilines is 2. The maximum atomic E-state index is 13.1. The second-order valence-electron chi connectivity index (χ2n) is 8.40. The quantitative estimate of drug-likeness (QED) is 0.461. The number of piperidine rings is 1. The van der Waals surface area contributed by atoms with Gasteiger partial charge in [0.2, 0.25) is 11.8 Å². The first kappa shape index (κ1) is 24.2. The first-order valence-corrected chi connectivity index (χ1v) is 12.3. The highest BCUT2D eigenvalue weighted by Gasteiger charge is 2.43. The van der Waals surface area contributed by atoms with Crippen molar-refractivity contribution >= 4 is 35.3 Å². The topological polar surface area (TPSA) is 95.6 Å². The van der Waals surface area contributed by atoms with E-state index in [9.17, 15) is 18.4 Å². The average molecular weight is 492 g/mol. The molecule has 1 aromatic carbocycles. The Bertz CT molecular complexity index is 1000. The number of alkyl halides is 2. The highest BCUT2D eigenvalue weighted by molar-refractivity contribution is 7.96. The van der Waals surface area contributed by atoms with E-state index in [-0.39, 0.29) is 17.2 Å². The van der Waals surface area contributed by atoms with Crippen LogP contribution in [0.4, 0.5) is 25.0 Å². The van der Waals surface area contributed by atoms with Crippen molar-refractivity contribution < 1.29 is 23.1 Å². The van der Waals surface area contributed by atoms with E-state index in [0.717, 1.165) is 31.5 Å². The third kappa shape index (κ3) is 5.76. The number of hydrogen-bond acceptors (Lipinski definition) is 6. The normalized spacial score (nSPS) is 19.1. The molecule has 1 unspecified atom stereocenters. The lowest BCUT2D eigenvalue weighted by Crippen LogP contribution is -2.53. The maximum Gasteiger partial charge on any atom is 0.388 e. The zero-order valence-corrected chi connectivity index (χ0v) is 19.5. The fourth-order valence-electron chi connectivity index (χ4n) is 4.13. The molecule has 1 saturated heterocycles. The van der Waals surface area contributed by atoms with Crippen LogP contribution in [0.25, 0.3) is 0 Å². The molecular formula is C23H27F2N5O3S. The smallest absolute Gasteiger partial charge is 0.388 e. The number of urea groups is 1. The first-order chi connectivity index (χ1) is 16.4. The van der Waals surface area contributed by atoms with E-state index >= 15 is 0 Å². The lowest BCUT2D eigenvalue weighted by molar-refractivity contribution is -0.121. The fourth-order valence-corrected chi connectivity index (χ4v) is 4.55. The number of nitrogens with zero attached hydrogens (tertiary/aromatic N) is 2. The fraction of sp³-hybridized carbons (Fsp3) is 0.435. The molecule has 1 aliphatic carbocycles. The molecular weight excluding hydrogens is 464 g/mol. The Morgan fingerprint density at radius 1 is 1.26 bits per heavy atom. The number of amides is 3. The lowest BCUT2D eigenvalue weighted by atomic mass is 9.95. The Morgan fingerprint density at radius 2 is 2.03 bits per heavy atom. The van der Waals surface area contributed by atoms with Crippen molar-refractivity contribution in [1.29, 1.82) is 0 Å². The van der Waals surface area contributed by atoms with E-state index in [1.165, 1.54) is 23.9 Å². The van der Waals surface area contributed by atoms with E-state index in [0.29, 0.717) is 18.7 Å². The van der Waals surface area contributed by atoms with Crippen LogP contribution in [0, 0.1) is 0 Å². The number of carbonyl (C=O) groups is 2. The van der Waals surface area contributed by atoms with Crippen LogP contribution in [-0.2, 0) is 10.2 Å². The Labute approximate surface area is 201 Å². The van der Waals surface area contributed by atoms with E-state index < -0.39 is 18.7 Å². The molecule has 2 heterocycles. The molecule has 0 bridgehead atoms. The zero-order chi connectivity index (χ0) is 24.1. The number of halogens is 2. The summed E-state index contributed by atoms with van der Waals surface area (Å²) in [6.07, 6.45) is 6.81. The van der Waals surface area contributed by atoms with Gasteiger partial charge in [0.15, 0.2) is 0 Å². The van der Waals surface area contributed by atoms with Crippen molar-refractivity contribution in [3.8, 4) is 5.88 Å². The van der Waals surface area contributed by atoms with Gasteiger partial charge in [0.1, 0.15) is 6.04 Å². The largest absolute Gasteiger partial charge is 0.417 e. The highest BCUT2D eigenvalue weighted by atomic mass is 32.2. The van der Waals surface area contributed by atoms with Gasteiger partial charge in [-0.2, -0.15) is 8.78 Å². The molecule has 3 N–H and O–H groups in total. The van der Waals surface area contributed by atoms with Crippen LogP contribution in [0.3, 0.4) is 0 Å². The van der Waals surface area contributed by atoms with Crippen molar-refractivity contribution in [2.75, 3.05) is 29.6 Å². The maximum absolute atomic E-state index is 13.1. The van der Waals surface area contributed by atoms with Gasteiger partial charge in [-0.15, -0.1) is 0 Å². The van der Waals surface area contributed by atoms with E-state index in [4.69, 9.17) is 0 Å². The number of aromatic nitrogens is 1. The van der Waals surface area contributed by atoms with Crippen LogP contribution in [0.2, 0.25) is 0 Å². The van der Waals surface area contributed by atoms with Gasteiger partial charge in [0.05, 0.1) is 11.9 Å². The summed E-state index contributed by atoms with van der Waals surface area (Å²) in [5, 5.41) is 5.26. The molecule has 1 aromatic heterocycles. The van der Waals surface area contributed by atoms with Crippen molar-refractivity contribution in [1.82, 2.24) is 15.0 Å². The van der Waals surface area contributed by atoms with Crippen LogP contribution in [0.15, 0.2) is 42.6 Å². The van der Waals surface area contributed by atoms with Crippen LogP contribution in [-0.4, -0.2) is 48.9 Å². The van der Waals surface area contributed by atoms with E-state index in [2.05, 4.69) is 37.2 Å². The van der Waals surface area contributed by atoms with Crippen LogP contribution in [0.1, 0.15) is 31.2 Å². The SMILES string of the molecule is CSNCC1(c2ccc(N3CCCC(NC(=O)Nc4ccc(OC(F)F)nc4)C3=O)cc2)CC1. The highest BCUT2D eigenvalue weighted by Crippen LogP contribution is 2.48. The molecule has 3 amide bonds. The van der Waals surface area contributed by atoms with Gasteiger partial charge < -0.3 is 20.3 Å². The predicted octanol–water partition coefficient (Wildman–Crippen LogP) is 3.90. The number of pyridine rings is 1. The second-order valence-corrected chi connectivity index (χ2v) is 9.10. The van der Waals surface area contributed by atoms with Gasteiger partial charge in [0, 0.05) is 30.3 Å². The molecule has 1 aliphatic heterocycles. The third-order valence-corrected chi connectivity index (χ3v) is 6.58. The number of nitrogens with one attached hydrogen (secondary N) is 3. The molecule has 11 heteroatoms. The molecule has 34 heavy (non-hydrogen) atoms. The minimum Gasteiger partial charge on any atom is -0.417 e. The second kappa shape index (κ2) is 10.6. The predicted molar refractivity (Wildman–Crippen MR) is 127 cm³/mol. The standard InChI is InChI=1S/C23H27F2N5O3S/c1-34-27-14-23(10-11-23)15-4-7-17(8-5-15)30-12-2-3-18(20(30)31)29-22(32)28-16-6-9-19(26-13-16)33-21(24)25/h4-9,13,18,21,27H,2-3,10-12,14H2,1H3,(H2,28,29,32). The Kier molecular flexibility index (Phi) is 7.52. The van der Waals surface area contributed by atoms with E-state index in [1.54, 1.807) is 16.8 Å². The van der Waals surface area contributed by atoms with Crippen molar-refractivity contribution in [2.24, 2.45) is 0 Å². The molecule has 2 aliphatic rings. The summed E-state index contributed by atoms with van der Waals surface area (Å²) in [5.74, 6) is -0.420. The van der Waals surface area contributed by atoms with E-state index in [1.807, 2.05) is 18.4 Å². The summed E-state index contributed by atoms with van der Waals surface area (Å²) in [7, 11) is 0. The van der Waals surface area contributed by atoms with Crippen molar-refractivity contribution in [2.45, 2.75) is 43.8 Å². The molecule has 0 radical (unpaired) electrons. The summed E-state index contributed by atoms with van der Waals surface area (Å²) in [5.41, 5.74) is 2.57. The number of hydrogen-bond donors (Lipinski definition) is 3. The minimum atomic E-state index is -2.97. The Balaban J connectivity index is 1.34. The van der Waals surface area contributed by atoms with Crippen molar-refractivity contribution in [3.63, 3.8) is 0 Å². The average Bonchev–Trinajstić information content (AvgIpc) is 3.61. The van der Waals surface area contributed by atoms with Crippen LogP contribution < -0.4 is 25.0 Å². The van der Waals surface area contributed by atoms with Gasteiger partial charge in [-0.3, -0.25) is 9.52 Å². The van der Waals surface area contributed by atoms with Gasteiger partial charge >= 0.3 is 12.6 Å². The molecule has 2 aromatic rings. The summed E-state index contributed by atoms with van der Waals surface area (Å²) < 4.78 is 32.0. The molecule has 182 valence electrons. The molecule has 1 atom stereocenters. The number of benzene rings is 1. The third-order valence-electron chi connectivity index (χ3n) is 6.15. The van der Waals surface area contributed by atoms with Gasteiger partial charge in [0.25, 0.3) is 0 Å². The summed E-state index contributed by atoms with van der Waals surface area (Å²) in [6, 6.07) is 9.52. The molecule has 1 saturated carbocycles. The number of rotatable bonds is 9.